The van der Waals surface area contributed by atoms with Gasteiger partial charge in [-0.25, -0.2) is 0 Å². The Kier molecular flexibility index (Phi) is 16.9. The maximum Gasteiger partial charge on any atom is 0.471 e. The van der Waals surface area contributed by atoms with E-state index in [1.807, 2.05) is 0 Å². The van der Waals surface area contributed by atoms with Crippen LogP contribution in [0.2, 0.25) is 0 Å². The number of halogens is 3. The third kappa shape index (κ3) is 15.9. The van der Waals surface area contributed by atoms with Crippen molar-refractivity contribution in [1.82, 2.24) is 5.32 Å². The largest absolute Gasteiger partial charge is 0.471 e. The maximum atomic E-state index is 12.1. The van der Waals surface area contributed by atoms with Crippen LogP contribution in [0.25, 0.3) is 0 Å². The molecule has 0 spiro atoms. The first-order valence-corrected chi connectivity index (χ1v) is 12.7. The second kappa shape index (κ2) is 18.6. The minimum absolute atomic E-state index is 0.0990. The molecule has 2 atom stereocenters. The monoisotopic (exact) mass is 467 g/mol. The van der Waals surface area contributed by atoms with Crippen molar-refractivity contribution in [3.8, 4) is 0 Å². The van der Waals surface area contributed by atoms with Crippen LogP contribution in [0.5, 0.6) is 0 Å². The summed E-state index contributed by atoms with van der Waals surface area (Å²) >= 11 is 0. The van der Waals surface area contributed by atoms with Crippen molar-refractivity contribution >= 4 is 5.91 Å². The lowest BCUT2D eigenvalue weighted by atomic mass is 10.0. The number of hydrogen-bond donors (Lipinski definition) is 1. The molecule has 0 aromatic rings. The molecule has 0 aromatic carbocycles. The average molecular weight is 468 g/mol. The number of alkyl halides is 3. The fourth-order valence-electron chi connectivity index (χ4n) is 3.75. The number of carbonyl (C=O) groups excluding carboxylic acids is 1. The van der Waals surface area contributed by atoms with Crippen LogP contribution in [-0.2, 0) is 19.0 Å². The van der Waals surface area contributed by atoms with Crippen molar-refractivity contribution in [2.24, 2.45) is 0 Å². The van der Waals surface area contributed by atoms with Crippen molar-refractivity contribution in [1.29, 1.82) is 0 Å². The highest BCUT2D eigenvalue weighted by atomic mass is 19.4. The first-order valence-electron chi connectivity index (χ1n) is 12.7. The summed E-state index contributed by atoms with van der Waals surface area (Å²) in [5.41, 5.74) is 0. The molecule has 190 valence electrons. The molecule has 0 radical (unpaired) electrons. The molecule has 0 aliphatic carbocycles. The van der Waals surface area contributed by atoms with Crippen molar-refractivity contribution < 1.29 is 32.2 Å². The summed E-state index contributed by atoms with van der Waals surface area (Å²) in [6.45, 7) is 1.73. The fourth-order valence-corrected chi connectivity index (χ4v) is 3.75. The van der Waals surface area contributed by atoms with Gasteiger partial charge in [0.05, 0.1) is 13.2 Å². The minimum atomic E-state index is -4.89. The molecule has 1 rings (SSSR count). The zero-order chi connectivity index (χ0) is 23.5. The number of amides is 1. The second-order valence-corrected chi connectivity index (χ2v) is 8.76. The van der Waals surface area contributed by atoms with Gasteiger partial charge in [0, 0.05) is 6.54 Å². The number of nitrogens with one attached hydrogen (secondary N) is 1. The molecule has 1 N–H and O–H groups in total. The topological polar surface area (TPSA) is 56.8 Å². The van der Waals surface area contributed by atoms with Crippen LogP contribution < -0.4 is 5.32 Å². The Morgan fingerprint density at radius 2 is 1.31 bits per heavy atom. The standard InChI is InChI=1S/C24H44F3NO4/c1-2-3-4-5-6-7-8-9-10-11-12-13-14-15-16-17-18-30-23-31-20-21(32-23)19-28-22(29)24(25,26)27/h21,23H,2-20H2,1H3,(H,28,29). The lowest BCUT2D eigenvalue weighted by Gasteiger charge is -2.13. The fraction of sp³-hybridized carbons (Fsp3) is 0.958. The van der Waals surface area contributed by atoms with E-state index >= 15 is 0 Å². The van der Waals surface area contributed by atoms with Crippen molar-refractivity contribution in [3.63, 3.8) is 0 Å². The van der Waals surface area contributed by atoms with Gasteiger partial charge in [-0.3, -0.25) is 4.79 Å². The Morgan fingerprint density at radius 3 is 1.78 bits per heavy atom. The van der Waals surface area contributed by atoms with E-state index in [1.165, 1.54) is 89.9 Å². The first-order chi connectivity index (χ1) is 15.4. The lowest BCUT2D eigenvalue weighted by molar-refractivity contribution is -0.237. The normalized spacial score (nSPS) is 18.9. The molecular formula is C24H44F3NO4. The minimum Gasteiger partial charge on any atom is -0.346 e. The van der Waals surface area contributed by atoms with Gasteiger partial charge in [-0.2, -0.15) is 13.2 Å². The SMILES string of the molecule is CCCCCCCCCCCCCCCCCCOC1OCC(CNC(=O)C(F)(F)F)O1. The number of hydrogen-bond acceptors (Lipinski definition) is 4. The highest BCUT2D eigenvalue weighted by molar-refractivity contribution is 5.81. The Bertz CT molecular complexity index is 463. The Morgan fingerprint density at radius 1 is 0.844 bits per heavy atom. The summed E-state index contributed by atoms with van der Waals surface area (Å²) in [5.74, 6) is -1.97. The van der Waals surface area contributed by atoms with Crippen molar-refractivity contribution in [2.75, 3.05) is 19.8 Å². The molecule has 1 saturated heterocycles. The molecule has 1 heterocycles. The van der Waals surface area contributed by atoms with Gasteiger partial charge >= 0.3 is 12.1 Å². The van der Waals surface area contributed by atoms with Crippen molar-refractivity contribution in [2.45, 2.75) is 128 Å². The van der Waals surface area contributed by atoms with E-state index in [4.69, 9.17) is 14.2 Å². The van der Waals surface area contributed by atoms with E-state index in [9.17, 15) is 18.0 Å². The Hall–Kier alpha value is -0.860. The third-order valence-electron chi connectivity index (χ3n) is 5.72. The predicted molar refractivity (Wildman–Crippen MR) is 119 cm³/mol. The highest BCUT2D eigenvalue weighted by Gasteiger charge is 2.39. The summed E-state index contributed by atoms with van der Waals surface area (Å²) in [4.78, 5) is 10.8. The van der Waals surface area contributed by atoms with Crippen LogP contribution in [0, 0.1) is 0 Å². The quantitative estimate of drug-likeness (QED) is 0.204. The molecule has 0 aromatic heterocycles. The van der Waals surface area contributed by atoms with Gasteiger partial charge < -0.3 is 19.5 Å². The van der Waals surface area contributed by atoms with E-state index in [2.05, 4.69) is 6.92 Å². The van der Waals surface area contributed by atoms with E-state index in [1.54, 1.807) is 5.32 Å². The van der Waals surface area contributed by atoms with Crippen LogP contribution in [-0.4, -0.2) is 44.4 Å². The van der Waals surface area contributed by atoms with E-state index < -0.39 is 24.7 Å². The zero-order valence-electron chi connectivity index (χ0n) is 19.9. The van der Waals surface area contributed by atoms with E-state index in [0.29, 0.717) is 6.61 Å². The summed E-state index contributed by atoms with van der Waals surface area (Å²) < 4.78 is 52.4. The third-order valence-corrected chi connectivity index (χ3v) is 5.72. The molecule has 1 aliphatic rings. The van der Waals surface area contributed by atoms with Gasteiger partial charge in [-0.15, -0.1) is 0 Å². The van der Waals surface area contributed by atoms with Gasteiger partial charge in [-0.05, 0) is 6.42 Å². The molecule has 2 unspecified atom stereocenters. The van der Waals surface area contributed by atoms with Gasteiger partial charge in [-0.1, -0.05) is 103 Å². The smallest absolute Gasteiger partial charge is 0.346 e. The maximum absolute atomic E-state index is 12.1. The van der Waals surface area contributed by atoms with E-state index in [-0.39, 0.29) is 13.2 Å². The molecule has 1 fully saturated rings. The van der Waals surface area contributed by atoms with Crippen LogP contribution in [0.4, 0.5) is 13.2 Å². The lowest BCUT2D eigenvalue weighted by Crippen LogP contribution is -2.41. The van der Waals surface area contributed by atoms with Crippen LogP contribution in [0.15, 0.2) is 0 Å². The van der Waals surface area contributed by atoms with Crippen LogP contribution >= 0.6 is 0 Å². The van der Waals surface area contributed by atoms with E-state index in [0.717, 1.165) is 12.8 Å². The Labute approximate surface area is 192 Å². The first kappa shape index (κ1) is 29.2. The summed E-state index contributed by atoms with van der Waals surface area (Å²) in [6.07, 6.45) is 15.3. The summed E-state index contributed by atoms with van der Waals surface area (Å²) in [7, 11) is 0. The van der Waals surface area contributed by atoms with Gasteiger partial charge in [0.15, 0.2) is 0 Å². The molecule has 0 bridgehead atoms. The summed E-state index contributed by atoms with van der Waals surface area (Å²) in [5, 5.41) is 1.79. The van der Waals surface area contributed by atoms with Gasteiger partial charge in [0.1, 0.15) is 6.10 Å². The summed E-state index contributed by atoms with van der Waals surface area (Å²) in [6, 6.07) is 0. The predicted octanol–water partition coefficient (Wildman–Crippen LogP) is 6.64. The second-order valence-electron chi connectivity index (χ2n) is 8.76. The number of rotatable bonds is 20. The number of carbonyl (C=O) groups is 1. The molecular weight excluding hydrogens is 423 g/mol. The molecule has 1 aliphatic heterocycles. The highest BCUT2D eigenvalue weighted by Crippen LogP contribution is 2.17. The van der Waals surface area contributed by atoms with Gasteiger partial charge in [0.25, 0.3) is 6.48 Å². The molecule has 0 saturated carbocycles. The number of unbranched alkanes of at least 4 members (excludes halogenated alkanes) is 15. The Balaban J connectivity index is 1.80. The molecule has 1 amide bonds. The average Bonchev–Trinajstić information content (AvgIpc) is 3.21. The number of ether oxygens (including phenoxy) is 3. The molecule has 32 heavy (non-hydrogen) atoms. The van der Waals surface area contributed by atoms with Crippen LogP contribution in [0.1, 0.15) is 110 Å². The van der Waals surface area contributed by atoms with Crippen molar-refractivity contribution in [3.05, 3.63) is 0 Å². The van der Waals surface area contributed by atoms with Gasteiger partial charge in [0.2, 0.25) is 0 Å². The molecule has 8 heteroatoms. The van der Waals surface area contributed by atoms with Crippen LogP contribution in [0.3, 0.4) is 0 Å². The molecule has 5 nitrogen and oxygen atoms in total. The zero-order valence-corrected chi connectivity index (χ0v) is 19.9.